The van der Waals surface area contributed by atoms with Gasteiger partial charge in [0.15, 0.2) is 0 Å². The zero-order valence-corrected chi connectivity index (χ0v) is 20.4. The van der Waals surface area contributed by atoms with E-state index in [1.165, 1.54) is 5.56 Å². The van der Waals surface area contributed by atoms with Gasteiger partial charge in [-0.3, -0.25) is 14.5 Å². The SMILES string of the molecule is CCN1CCN(Cc2ccccc2CNC(=O)[C@H](NC(=O)c2ccccc2C)C(C)C)CC1. The van der Waals surface area contributed by atoms with Crippen LogP contribution >= 0.6 is 0 Å². The number of amides is 2. The minimum absolute atomic E-state index is 0.0249. The standard InChI is InChI=1S/C27H38N4O2/c1-5-30-14-16-31(17-15-30)19-23-12-8-7-11-22(23)18-28-27(33)25(20(2)3)29-26(32)24-13-9-6-10-21(24)4/h6-13,20,25H,5,14-19H2,1-4H3,(H,28,33)(H,29,32)/t25-/m1/s1. The van der Waals surface area contributed by atoms with E-state index >= 15 is 0 Å². The Balaban J connectivity index is 1.60. The lowest BCUT2D eigenvalue weighted by molar-refractivity contribution is -0.124. The highest BCUT2D eigenvalue weighted by Crippen LogP contribution is 2.14. The Hall–Kier alpha value is -2.70. The van der Waals surface area contributed by atoms with Gasteiger partial charge in [0.1, 0.15) is 6.04 Å². The number of hydrogen-bond donors (Lipinski definition) is 2. The Morgan fingerprint density at radius 3 is 2.15 bits per heavy atom. The van der Waals surface area contributed by atoms with Crippen LogP contribution < -0.4 is 10.6 Å². The van der Waals surface area contributed by atoms with Gasteiger partial charge in [-0.05, 0) is 42.1 Å². The van der Waals surface area contributed by atoms with Crippen LogP contribution in [-0.2, 0) is 17.9 Å². The molecule has 6 nitrogen and oxygen atoms in total. The molecule has 178 valence electrons. The maximum Gasteiger partial charge on any atom is 0.252 e. The molecular formula is C27H38N4O2. The molecule has 2 aromatic rings. The van der Waals surface area contributed by atoms with Crippen LogP contribution in [0.1, 0.15) is 47.8 Å². The summed E-state index contributed by atoms with van der Waals surface area (Å²) in [6.45, 7) is 14.8. The summed E-state index contributed by atoms with van der Waals surface area (Å²) in [5.41, 5.74) is 3.86. The van der Waals surface area contributed by atoms with Crippen molar-refractivity contribution in [1.29, 1.82) is 0 Å². The fraction of sp³-hybridized carbons (Fsp3) is 0.481. The molecular weight excluding hydrogens is 412 g/mol. The zero-order chi connectivity index (χ0) is 23.8. The summed E-state index contributed by atoms with van der Waals surface area (Å²) in [4.78, 5) is 30.8. The van der Waals surface area contributed by atoms with E-state index in [1.54, 1.807) is 6.07 Å². The number of hydrogen-bond acceptors (Lipinski definition) is 4. The van der Waals surface area contributed by atoms with Gasteiger partial charge in [0, 0.05) is 44.8 Å². The fourth-order valence-corrected chi connectivity index (χ4v) is 4.26. The van der Waals surface area contributed by atoms with Crippen molar-refractivity contribution in [2.45, 2.75) is 46.8 Å². The van der Waals surface area contributed by atoms with Crippen molar-refractivity contribution in [2.24, 2.45) is 5.92 Å². The van der Waals surface area contributed by atoms with Crippen LogP contribution in [0.25, 0.3) is 0 Å². The number of carbonyl (C=O) groups is 2. The minimum atomic E-state index is -0.591. The molecule has 1 saturated heterocycles. The van der Waals surface area contributed by atoms with Gasteiger partial charge in [-0.2, -0.15) is 0 Å². The van der Waals surface area contributed by atoms with E-state index in [0.717, 1.165) is 50.4 Å². The molecule has 0 aliphatic carbocycles. The summed E-state index contributed by atoms with van der Waals surface area (Å²) in [6.07, 6.45) is 0. The lowest BCUT2D eigenvalue weighted by Crippen LogP contribution is -2.49. The molecule has 6 heteroatoms. The van der Waals surface area contributed by atoms with Crippen LogP contribution in [0, 0.1) is 12.8 Å². The zero-order valence-electron chi connectivity index (χ0n) is 20.4. The molecule has 2 N–H and O–H groups in total. The van der Waals surface area contributed by atoms with Crippen LogP contribution in [0.2, 0.25) is 0 Å². The summed E-state index contributed by atoms with van der Waals surface area (Å²) >= 11 is 0. The van der Waals surface area contributed by atoms with Crippen LogP contribution in [0.3, 0.4) is 0 Å². The highest BCUT2D eigenvalue weighted by Gasteiger charge is 2.25. The third-order valence-electron chi connectivity index (χ3n) is 6.50. The van der Waals surface area contributed by atoms with Crippen molar-refractivity contribution < 1.29 is 9.59 Å². The molecule has 1 aliphatic rings. The number of piperazine rings is 1. The van der Waals surface area contributed by atoms with E-state index in [0.29, 0.717) is 12.1 Å². The Bertz CT molecular complexity index is 935. The molecule has 1 atom stereocenters. The maximum absolute atomic E-state index is 13.0. The molecule has 1 heterocycles. The van der Waals surface area contributed by atoms with E-state index in [1.807, 2.05) is 45.0 Å². The predicted octanol–water partition coefficient (Wildman–Crippen LogP) is 3.20. The first-order chi connectivity index (χ1) is 15.9. The van der Waals surface area contributed by atoms with Gasteiger partial charge in [0.05, 0.1) is 0 Å². The number of likely N-dealkylation sites (N-methyl/N-ethyl adjacent to an activating group) is 1. The molecule has 0 bridgehead atoms. The quantitative estimate of drug-likeness (QED) is 0.616. The third kappa shape index (κ3) is 6.89. The number of carbonyl (C=O) groups excluding carboxylic acids is 2. The number of nitrogens with one attached hydrogen (secondary N) is 2. The molecule has 0 saturated carbocycles. The van der Waals surface area contributed by atoms with Gasteiger partial charge >= 0.3 is 0 Å². The van der Waals surface area contributed by atoms with Gasteiger partial charge in [-0.1, -0.05) is 63.2 Å². The Labute approximate surface area is 198 Å². The highest BCUT2D eigenvalue weighted by atomic mass is 16.2. The minimum Gasteiger partial charge on any atom is -0.350 e. The van der Waals surface area contributed by atoms with Gasteiger partial charge in [0.2, 0.25) is 5.91 Å². The lowest BCUT2D eigenvalue weighted by atomic mass is 10.0. The van der Waals surface area contributed by atoms with E-state index in [4.69, 9.17) is 0 Å². The Morgan fingerprint density at radius 2 is 1.52 bits per heavy atom. The third-order valence-corrected chi connectivity index (χ3v) is 6.50. The van der Waals surface area contributed by atoms with Crippen molar-refractivity contribution >= 4 is 11.8 Å². The topological polar surface area (TPSA) is 64.7 Å². The second-order valence-electron chi connectivity index (χ2n) is 9.21. The molecule has 0 aromatic heterocycles. The van der Waals surface area contributed by atoms with Crippen molar-refractivity contribution in [3.63, 3.8) is 0 Å². The smallest absolute Gasteiger partial charge is 0.252 e. The van der Waals surface area contributed by atoms with E-state index < -0.39 is 6.04 Å². The first-order valence-corrected chi connectivity index (χ1v) is 12.0. The Morgan fingerprint density at radius 1 is 0.909 bits per heavy atom. The van der Waals surface area contributed by atoms with E-state index in [9.17, 15) is 9.59 Å². The number of aryl methyl sites for hydroxylation is 1. The van der Waals surface area contributed by atoms with Gasteiger partial charge in [-0.25, -0.2) is 0 Å². The maximum atomic E-state index is 13.0. The second kappa shape index (κ2) is 12.0. The monoisotopic (exact) mass is 450 g/mol. The molecule has 1 aliphatic heterocycles. The first kappa shape index (κ1) is 24.9. The van der Waals surface area contributed by atoms with Crippen LogP contribution in [0.5, 0.6) is 0 Å². The van der Waals surface area contributed by atoms with E-state index in [2.05, 4.69) is 45.6 Å². The van der Waals surface area contributed by atoms with Crippen LogP contribution in [0.4, 0.5) is 0 Å². The van der Waals surface area contributed by atoms with E-state index in [-0.39, 0.29) is 17.7 Å². The first-order valence-electron chi connectivity index (χ1n) is 12.0. The number of rotatable bonds is 9. The molecule has 3 rings (SSSR count). The Kier molecular flexibility index (Phi) is 9.03. The van der Waals surface area contributed by atoms with Crippen molar-refractivity contribution in [3.05, 3.63) is 70.8 Å². The van der Waals surface area contributed by atoms with Gasteiger partial charge in [0.25, 0.3) is 5.91 Å². The average molecular weight is 451 g/mol. The summed E-state index contributed by atoms with van der Waals surface area (Å²) in [7, 11) is 0. The summed E-state index contributed by atoms with van der Waals surface area (Å²) in [5, 5.41) is 6.00. The predicted molar refractivity (Wildman–Crippen MR) is 133 cm³/mol. The van der Waals surface area contributed by atoms with Gasteiger partial charge < -0.3 is 15.5 Å². The summed E-state index contributed by atoms with van der Waals surface area (Å²) < 4.78 is 0. The lowest BCUT2D eigenvalue weighted by Gasteiger charge is -2.34. The van der Waals surface area contributed by atoms with Crippen molar-refractivity contribution in [2.75, 3.05) is 32.7 Å². The second-order valence-corrected chi connectivity index (χ2v) is 9.21. The molecule has 0 unspecified atom stereocenters. The molecule has 0 radical (unpaired) electrons. The largest absolute Gasteiger partial charge is 0.350 e. The van der Waals surface area contributed by atoms with Crippen molar-refractivity contribution in [3.8, 4) is 0 Å². The molecule has 1 fully saturated rings. The molecule has 33 heavy (non-hydrogen) atoms. The normalized spacial score (nSPS) is 15.9. The molecule has 0 spiro atoms. The molecule has 2 aromatic carbocycles. The van der Waals surface area contributed by atoms with Crippen LogP contribution in [-0.4, -0.2) is 60.4 Å². The fourth-order valence-electron chi connectivity index (χ4n) is 4.26. The summed E-state index contributed by atoms with van der Waals surface area (Å²) in [5.74, 6) is -0.394. The number of benzene rings is 2. The van der Waals surface area contributed by atoms with Crippen molar-refractivity contribution in [1.82, 2.24) is 20.4 Å². The summed E-state index contributed by atoms with van der Waals surface area (Å²) in [6, 6.07) is 15.1. The average Bonchev–Trinajstić information content (AvgIpc) is 2.82. The number of nitrogens with zero attached hydrogens (tertiary/aromatic N) is 2. The van der Waals surface area contributed by atoms with Crippen LogP contribution in [0.15, 0.2) is 48.5 Å². The van der Waals surface area contributed by atoms with Gasteiger partial charge in [-0.15, -0.1) is 0 Å². The molecule has 2 amide bonds. The highest BCUT2D eigenvalue weighted by molar-refractivity contribution is 5.98.